The summed E-state index contributed by atoms with van der Waals surface area (Å²) < 4.78 is 1.67. The quantitative estimate of drug-likeness (QED) is 0.876. The number of rotatable bonds is 3. The van der Waals surface area contributed by atoms with Gasteiger partial charge in [0, 0.05) is 25.4 Å². The molecule has 0 spiro atoms. The number of halogens is 1. The molecule has 6 nitrogen and oxygen atoms in total. The highest BCUT2D eigenvalue weighted by molar-refractivity contribution is 6.29. The summed E-state index contributed by atoms with van der Waals surface area (Å²) in [6.45, 7) is 0.400. The van der Waals surface area contributed by atoms with Crippen LogP contribution in [0.25, 0.3) is 0 Å². The number of aryl methyl sites for hydroxylation is 1. The molecular formula is C10H10ClN5O. The largest absolute Gasteiger partial charge is 0.346 e. The van der Waals surface area contributed by atoms with Gasteiger partial charge in [0.1, 0.15) is 10.8 Å². The van der Waals surface area contributed by atoms with E-state index >= 15 is 0 Å². The van der Waals surface area contributed by atoms with E-state index in [-0.39, 0.29) is 16.8 Å². The van der Waals surface area contributed by atoms with E-state index < -0.39 is 0 Å². The van der Waals surface area contributed by atoms with Crippen LogP contribution in [0.5, 0.6) is 0 Å². The lowest BCUT2D eigenvalue weighted by Gasteiger charge is -2.02. The molecule has 0 aromatic carbocycles. The molecule has 7 heteroatoms. The Morgan fingerprint density at radius 1 is 1.41 bits per heavy atom. The molecule has 1 amide bonds. The van der Waals surface area contributed by atoms with Crippen molar-refractivity contribution < 1.29 is 4.79 Å². The Morgan fingerprint density at radius 3 is 2.82 bits per heavy atom. The molecule has 2 aromatic rings. The first-order chi connectivity index (χ1) is 8.15. The van der Waals surface area contributed by atoms with Crippen LogP contribution in [0, 0.1) is 0 Å². The summed E-state index contributed by atoms with van der Waals surface area (Å²) >= 11 is 5.58. The molecule has 0 saturated carbocycles. The first-order valence-electron chi connectivity index (χ1n) is 4.88. The first-order valence-corrected chi connectivity index (χ1v) is 5.26. The number of hydrogen-bond acceptors (Lipinski definition) is 4. The van der Waals surface area contributed by atoms with Gasteiger partial charge in [-0.3, -0.25) is 9.48 Å². The minimum absolute atomic E-state index is 0.235. The van der Waals surface area contributed by atoms with Crippen molar-refractivity contribution in [3.05, 3.63) is 41.2 Å². The van der Waals surface area contributed by atoms with E-state index in [0.29, 0.717) is 6.54 Å². The van der Waals surface area contributed by atoms with Crippen LogP contribution < -0.4 is 5.32 Å². The standard InChI is InChI=1S/C10H10ClN5O/c1-16-6-7(3-15-16)2-14-10(17)8-4-13-9(11)5-12-8/h3-6H,2H2,1H3,(H,14,17). The molecule has 0 bridgehead atoms. The van der Waals surface area contributed by atoms with Crippen molar-refractivity contribution >= 4 is 17.5 Å². The maximum absolute atomic E-state index is 11.7. The molecule has 2 rings (SSSR count). The van der Waals surface area contributed by atoms with E-state index in [1.54, 1.807) is 10.9 Å². The SMILES string of the molecule is Cn1cc(CNC(=O)c2cnc(Cl)cn2)cn1. The van der Waals surface area contributed by atoms with Crippen LogP contribution in [-0.2, 0) is 13.6 Å². The number of hydrogen-bond donors (Lipinski definition) is 1. The van der Waals surface area contributed by atoms with Crippen LogP contribution >= 0.6 is 11.6 Å². The first kappa shape index (κ1) is 11.5. The molecule has 88 valence electrons. The summed E-state index contributed by atoms with van der Waals surface area (Å²) in [6.07, 6.45) is 6.18. The third-order valence-corrected chi connectivity index (χ3v) is 2.26. The van der Waals surface area contributed by atoms with Crippen molar-refractivity contribution in [2.45, 2.75) is 6.54 Å². The Bertz CT molecular complexity index is 522. The Kier molecular flexibility index (Phi) is 3.34. The van der Waals surface area contributed by atoms with Crippen molar-refractivity contribution in [2.75, 3.05) is 0 Å². The number of nitrogens with zero attached hydrogens (tertiary/aromatic N) is 4. The summed E-state index contributed by atoms with van der Waals surface area (Å²) in [6, 6.07) is 0. The minimum Gasteiger partial charge on any atom is -0.346 e. The molecule has 0 fully saturated rings. The summed E-state index contributed by atoms with van der Waals surface area (Å²) in [5.41, 5.74) is 1.15. The van der Waals surface area contributed by atoms with E-state index in [1.165, 1.54) is 12.4 Å². The number of amides is 1. The highest BCUT2D eigenvalue weighted by atomic mass is 35.5. The van der Waals surface area contributed by atoms with E-state index in [0.717, 1.165) is 5.56 Å². The van der Waals surface area contributed by atoms with Gasteiger partial charge in [-0.05, 0) is 0 Å². The second kappa shape index (κ2) is 4.92. The molecule has 2 heterocycles. The topological polar surface area (TPSA) is 72.7 Å². The van der Waals surface area contributed by atoms with Crippen LogP contribution in [0.2, 0.25) is 5.15 Å². The Hall–Kier alpha value is -1.95. The third kappa shape index (κ3) is 3.01. The molecule has 0 aliphatic rings. The third-order valence-electron chi connectivity index (χ3n) is 2.06. The fourth-order valence-electron chi connectivity index (χ4n) is 1.27. The number of carbonyl (C=O) groups is 1. The van der Waals surface area contributed by atoms with Crippen LogP contribution in [0.3, 0.4) is 0 Å². The predicted molar refractivity (Wildman–Crippen MR) is 61.4 cm³/mol. The fourth-order valence-corrected chi connectivity index (χ4v) is 1.36. The van der Waals surface area contributed by atoms with Crippen LogP contribution in [0.4, 0.5) is 0 Å². The van der Waals surface area contributed by atoms with Gasteiger partial charge >= 0.3 is 0 Å². The average Bonchev–Trinajstić information content (AvgIpc) is 2.73. The van der Waals surface area contributed by atoms with E-state index in [2.05, 4.69) is 20.4 Å². The lowest BCUT2D eigenvalue weighted by Crippen LogP contribution is -2.23. The highest BCUT2D eigenvalue weighted by Crippen LogP contribution is 2.02. The van der Waals surface area contributed by atoms with Gasteiger partial charge in [-0.2, -0.15) is 5.10 Å². The second-order valence-electron chi connectivity index (χ2n) is 3.43. The van der Waals surface area contributed by atoms with Gasteiger partial charge in [0.05, 0.1) is 18.6 Å². The molecule has 1 N–H and O–H groups in total. The smallest absolute Gasteiger partial charge is 0.271 e. The molecule has 0 atom stereocenters. The summed E-state index contributed by atoms with van der Waals surface area (Å²) in [4.78, 5) is 19.3. The van der Waals surface area contributed by atoms with Crippen LogP contribution in [0.1, 0.15) is 16.1 Å². The Labute approximate surface area is 103 Å². The van der Waals surface area contributed by atoms with Crippen molar-refractivity contribution in [3.8, 4) is 0 Å². The zero-order valence-corrected chi connectivity index (χ0v) is 9.85. The lowest BCUT2D eigenvalue weighted by molar-refractivity contribution is 0.0945. The van der Waals surface area contributed by atoms with Crippen molar-refractivity contribution in [3.63, 3.8) is 0 Å². The van der Waals surface area contributed by atoms with Crippen molar-refractivity contribution in [1.29, 1.82) is 0 Å². The molecule has 0 aliphatic carbocycles. The van der Waals surface area contributed by atoms with Gasteiger partial charge < -0.3 is 5.32 Å². The number of carbonyl (C=O) groups excluding carboxylic acids is 1. The van der Waals surface area contributed by atoms with E-state index in [4.69, 9.17) is 11.6 Å². The zero-order valence-electron chi connectivity index (χ0n) is 9.09. The maximum atomic E-state index is 11.7. The van der Waals surface area contributed by atoms with Crippen LogP contribution in [0.15, 0.2) is 24.8 Å². The average molecular weight is 252 g/mol. The molecule has 0 aliphatic heterocycles. The normalized spacial score (nSPS) is 10.2. The van der Waals surface area contributed by atoms with E-state index in [9.17, 15) is 4.79 Å². The van der Waals surface area contributed by atoms with Gasteiger partial charge in [0.25, 0.3) is 5.91 Å². The minimum atomic E-state index is -0.294. The molecule has 2 aromatic heterocycles. The fraction of sp³-hybridized carbons (Fsp3) is 0.200. The molecule has 0 unspecified atom stereocenters. The van der Waals surface area contributed by atoms with Gasteiger partial charge in [-0.25, -0.2) is 9.97 Å². The molecule has 0 radical (unpaired) electrons. The monoisotopic (exact) mass is 251 g/mol. The molecule has 17 heavy (non-hydrogen) atoms. The Morgan fingerprint density at radius 2 is 2.24 bits per heavy atom. The van der Waals surface area contributed by atoms with Crippen molar-refractivity contribution in [2.24, 2.45) is 7.05 Å². The van der Waals surface area contributed by atoms with Gasteiger partial charge in [0.2, 0.25) is 0 Å². The van der Waals surface area contributed by atoms with Gasteiger partial charge in [0.15, 0.2) is 0 Å². The van der Waals surface area contributed by atoms with E-state index in [1.807, 2.05) is 13.2 Å². The second-order valence-corrected chi connectivity index (χ2v) is 3.82. The molecule has 0 saturated heterocycles. The van der Waals surface area contributed by atoms with Crippen molar-refractivity contribution in [1.82, 2.24) is 25.1 Å². The summed E-state index contributed by atoms with van der Waals surface area (Å²) in [5.74, 6) is -0.294. The lowest BCUT2D eigenvalue weighted by atomic mass is 10.3. The highest BCUT2D eigenvalue weighted by Gasteiger charge is 2.07. The van der Waals surface area contributed by atoms with Gasteiger partial charge in [-0.15, -0.1) is 0 Å². The number of nitrogens with one attached hydrogen (secondary N) is 1. The zero-order chi connectivity index (χ0) is 12.3. The summed E-state index contributed by atoms with van der Waals surface area (Å²) in [5, 5.41) is 6.97. The van der Waals surface area contributed by atoms with Crippen LogP contribution in [-0.4, -0.2) is 25.7 Å². The number of aromatic nitrogens is 4. The molecular weight excluding hydrogens is 242 g/mol. The van der Waals surface area contributed by atoms with Gasteiger partial charge in [-0.1, -0.05) is 11.6 Å². The predicted octanol–water partition coefficient (Wildman–Crippen LogP) is 0.793. The Balaban J connectivity index is 1.95. The maximum Gasteiger partial charge on any atom is 0.271 e. The summed E-state index contributed by atoms with van der Waals surface area (Å²) in [7, 11) is 1.82.